The number of anilines is 1. The van der Waals surface area contributed by atoms with Crippen LogP contribution in [0.2, 0.25) is 0 Å². The topological polar surface area (TPSA) is 55.6 Å². The first-order valence-corrected chi connectivity index (χ1v) is 7.99. The summed E-state index contributed by atoms with van der Waals surface area (Å²) in [5.74, 6) is 0.203. The minimum atomic E-state index is -0.0962. The van der Waals surface area contributed by atoms with Crippen LogP contribution in [0.3, 0.4) is 0 Å². The lowest BCUT2D eigenvalue weighted by atomic mass is 9.92. The fourth-order valence-electron chi connectivity index (χ4n) is 3.57. The highest BCUT2D eigenvalue weighted by Gasteiger charge is 2.36. The van der Waals surface area contributed by atoms with E-state index in [-0.39, 0.29) is 24.0 Å². The van der Waals surface area contributed by atoms with Crippen LogP contribution in [0.15, 0.2) is 18.2 Å². The number of amides is 1. The van der Waals surface area contributed by atoms with Gasteiger partial charge in [0.2, 0.25) is 5.91 Å². The summed E-state index contributed by atoms with van der Waals surface area (Å²) in [6.07, 6.45) is 3.06. The second kappa shape index (κ2) is 5.78. The number of carbonyl (C=O) groups is 1. The molecule has 0 bridgehead atoms. The maximum atomic E-state index is 12.4. The Labute approximate surface area is 126 Å². The van der Waals surface area contributed by atoms with Gasteiger partial charge >= 0.3 is 0 Å². The van der Waals surface area contributed by atoms with E-state index in [1.165, 1.54) is 0 Å². The first kappa shape index (κ1) is 14.5. The van der Waals surface area contributed by atoms with Crippen molar-refractivity contribution >= 4 is 11.6 Å². The second-order valence-corrected chi connectivity index (χ2v) is 5.94. The lowest BCUT2D eigenvalue weighted by Gasteiger charge is -2.20. The number of likely N-dealkylation sites (N-methyl/N-ethyl adjacent to an activating group) is 1. The van der Waals surface area contributed by atoms with Crippen molar-refractivity contribution < 1.29 is 9.53 Å². The molecule has 4 heteroatoms. The van der Waals surface area contributed by atoms with E-state index in [2.05, 4.69) is 25.1 Å². The molecule has 0 saturated carbocycles. The van der Waals surface area contributed by atoms with Gasteiger partial charge < -0.3 is 15.4 Å². The molecule has 1 aromatic rings. The summed E-state index contributed by atoms with van der Waals surface area (Å²) in [5.41, 5.74) is 9.64. The van der Waals surface area contributed by atoms with Gasteiger partial charge in [0.05, 0.1) is 18.1 Å². The van der Waals surface area contributed by atoms with Crippen LogP contribution in [-0.2, 0) is 9.53 Å². The molecule has 0 aliphatic carbocycles. The molecule has 3 unspecified atom stereocenters. The Morgan fingerprint density at radius 3 is 2.86 bits per heavy atom. The molecule has 1 amide bonds. The van der Waals surface area contributed by atoms with Crippen molar-refractivity contribution in [1.29, 1.82) is 0 Å². The van der Waals surface area contributed by atoms with E-state index in [1.54, 1.807) is 0 Å². The summed E-state index contributed by atoms with van der Waals surface area (Å²) in [7, 11) is 0. The Morgan fingerprint density at radius 2 is 2.24 bits per heavy atom. The van der Waals surface area contributed by atoms with Crippen molar-refractivity contribution in [2.45, 2.75) is 51.2 Å². The third-order valence-corrected chi connectivity index (χ3v) is 4.76. The van der Waals surface area contributed by atoms with Gasteiger partial charge in [-0.15, -0.1) is 0 Å². The number of nitrogens with two attached hydrogens (primary N) is 1. The Balaban J connectivity index is 1.93. The maximum absolute atomic E-state index is 12.4. The number of benzene rings is 1. The number of hydrogen-bond donors (Lipinski definition) is 1. The smallest absolute Gasteiger partial charge is 0.234 e. The molecule has 1 aromatic carbocycles. The third kappa shape index (κ3) is 2.36. The van der Waals surface area contributed by atoms with Crippen LogP contribution >= 0.6 is 0 Å². The molecule has 114 valence electrons. The van der Waals surface area contributed by atoms with Crippen molar-refractivity contribution in [1.82, 2.24) is 0 Å². The number of nitrogens with zero attached hydrogens (tertiary/aromatic N) is 1. The molecular formula is C17H24N2O2. The highest BCUT2D eigenvalue weighted by molar-refractivity contribution is 6.04. The van der Waals surface area contributed by atoms with Crippen LogP contribution < -0.4 is 10.6 Å². The fourth-order valence-corrected chi connectivity index (χ4v) is 3.57. The molecule has 2 N–H and O–H groups in total. The summed E-state index contributed by atoms with van der Waals surface area (Å²) in [6.45, 7) is 5.62. The third-order valence-electron chi connectivity index (χ3n) is 4.76. The number of fused-ring (bicyclic) bond motifs is 1. The fraction of sp³-hybridized carbons (Fsp3) is 0.588. The molecular weight excluding hydrogens is 264 g/mol. The normalized spacial score (nSPS) is 26.2. The summed E-state index contributed by atoms with van der Waals surface area (Å²) in [5, 5.41) is 0. The van der Waals surface area contributed by atoms with Crippen LogP contribution in [-0.4, -0.2) is 25.2 Å². The van der Waals surface area contributed by atoms with E-state index in [0.29, 0.717) is 0 Å². The van der Waals surface area contributed by atoms with Crippen molar-refractivity contribution in [2.75, 3.05) is 18.1 Å². The van der Waals surface area contributed by atoms with Gasteiger partial charge in [-0.1, -0.05) is 19.1 Å². The van der Waals surface area contributed by atoms with Crippen molar-refractivity contribution in [3.05, 3.63) is 29.3 Å². The maximum Gasteiger partial charge on any atom is 0.234 e. The van der Waals surface area contributed by atoms with Gasteiger partial charge in [0.15, 0.2) is 0 Å². The first-order chi connectivity index (χ1) is 10.2. The largest absolute Gasteiger partial charge is 0.376 e. The molecule has 0 aromatic heterocycles. The Kier molecular flexibility index (Phi) is 4.00. The first-order valence-electron chi connectivity index (χ1n) is 7.99. The summed E-state index contributed by atoms with van der Waals surface area (Å²) >= 11 is 0. The van der Waals surface area contributed by atoms with Crippen LogP contribution in [0.1, 0.15) is 56.2 Å². The molecule has 3 rings (SSSR count). The summed E-state index contributed by atoms with van der Waals surface area (Å²) in [4.78, 5) is 14.3. The molecule has 2 heterocycles. The molecule has 3 atom stereocenters. The van der Waals surface area contributed by atoms with Gasteiger partial charge in [-0.05, 0) is 43.4 Å². The zero-order valence-corrected chi connectivity index (χ0v) is 12.8. The van der Waals surface area contributed by atoms with Crippen LogP contribution in [0.4, 0.5) is 5.69 Å². The molecule has 1 saturated heterocycles. The predicted molar refractivity (Wildman–Crippen MR) is 83.4 cm³/mol. The van der Waals surface area contributed by atoms with E-state index >= 15 is 0 Å². The SMILES string of the molecule is CCC1C(=O)N(CC)c2ccc(C(N)C3CCCO3)cc21. The zero-order valence-electron chi connectivity index (χ0n) is 12.8. The summed E-state index contributed by atoms with van der Waals surface area (Å²) in [6, 6.07) is 6.14. The average Bonchev–Trinajstić information content (AvgIpc) is 3.11. The van der Waals surface area contributed by atoms with Gasteiger partial charge in [0.1, 0.15) is 0 Å². The number of ether oxygens (including phenoxy) is 1. The van der Waals surface area contributed by atoms with Gasteiger partial charge in [0.25, 0.3) is 0 Å². The summed E-state index contributed by atoms with van der Waals surface area (Å²) < 4.78 is 5.70. The van der Waals surface area contributed by atoms with Crippen LogP contribution in [0.25, 0.3) is 0 Å². The van der Waals surface area contributed by atoms with E-state index < -0.39 is 0 Å². The van der Waals surface area contributed by atoms with E-state index in [4.69, 9.17) is 10.5 Å². The Morgan fingerprint density at radius 1 is 1.43 bits per heavy atom. The quantitative estimate of drug-likeness (QED) is 0.927. The second-order valence-electron chi connectivity index (χ2n) is 5.94. The molecule has 4 nitrogen and oxygen atoms in total. The Bertz CT molecular complexity index is 538. The number of hydrogen-bond acceptors (Lipinski definition) is 3. The highest BCUT2D eigenvalue weighted by Crippen LogP contribution is 2.40. The minimum Gasteiger partial charge on any atom is -0.376 e. The highest BCUT2D eigenvalue weighted by atomic mass is 16.5. The molecule has 2 aliphatic rings. The molecule has 21 heavy (non-hydrogen) atoms. The standard InChI is InChI=1S/C17H24N2O2/c1-3-12-13-10-11(16(18)15-6-5-9-21-15)7-8-14(13)19(4-2)17(12)20/h7-8,10,12,15-16H,3-6,9,18H2,1-2H3. The number of carbonyl (C=O) groups excluding carboxylic acids is 1. The molecule has 1 fully saturated rings. The van der Waals surface area contributed by atoms with E-state index in [1.807, 2.05) is 11.8 Å². The monoisotopic (exact) mass is 288 g/mol. The van der Waals surface area contributed by atoms with E-state index in [0.717, 1.165) is 49.2 Å². The van der Waals surface area contributed by atoms with Crippen molar-refractivity contribution in [3.8, 4) is 0 Å². The molecule has 2 aliphatic heterocycles. The lowest BCUT2D eigenvalue weighted by Crippen LogP contribution is -2.28. The van der Waals surface area contributed by atoms with Gasteiger partial charge in [0, 0.05) is 18.8 Å². The average molecular weight is 288 g/mol. The van der Waals surface area contributed by atoms with Gasteiger partial charge in [-0.25, -0.2) is 0 Å². The predicted octanol–water partition coefficient (Wildman–Crippen LogP) is 2.73. The van der Waals surface area contributed by atoms with E-state index in [9.17, 15) is 4.79 Å². The zero-order chi connectivity index (χ0) is 15.0. The molecule has 0 spiro atoms. The van der Waals surface area contributed by atoms with Gasteiger partial charge in [-0.3, -0.25) is 4.79 Å². The minimum absolute atomic E-state index is 0.0170. The lowest BCUT2D eigenvalue weighted by molar-refractivity contribution is -0.119. The van der Waals surface area contributed by atoms with Crippen molar-refractivity contribution in [2.24, 2.45) is 5.73 Å². The van der Waals surface area contributed by atoms with Gasteiger partial charge in [-0.2, -0.15) is 0 Å². The molecule has 0 radical (unpaired) electrons. The van der Waals surface area contributed by atoms with Crippen LogP contribution in [0, 0.1) is 0 Å². The number of rotatable bonds is 4. The van der Waals surface area contributed by atoms with Crippen LogP contribution in [0.5, 0.6) is 0 Å². The van der Waals surface area contributed by atoms with Crippen molar-refractivity contribution in [3.63, 3.8) is 0 Å². The Hall–Kier alpha value is -1.39.